The van der Waals surface area contributed by atoms with Gasteiger partial charge in [-0.2, -0.15) is 11.8 Å². The van der Waals surface area contributed by atoms with Crippen LogP contribution in [0.25, 0.3) is 0 Å². The van der Waals surface area contributed by atoms with E-state index in [1.165, 1.54) is 19.3 Å². The summed E-state index contributed by atoms with van der Waals surface area (Å²) < 4.78 is 0. The Labute approximate surface area is 79.9 Å². The van der Waals surface area contributed by atoms with E-state index in [0.717, 1.165) is 18.1 Å². The molecule has 3 atom stereocenters. The van der Waals surface area contributed by atoms with E-state index in [0.29, 0.717) is 5.25 Å². The first kappa shape index (κ1) is 10.4. The second kappa shape index (κ2) is 5.13. The van der Waals surface area contributed by atoms with Gasteiger partial charge in [-0.15, -0.1) is 0 Å². The first-order valence-corrected chi connectivity index (χ1v) is 6.12. The molecule has 0 heterocycles. The van der Waals surface area contributed by atoms with Gasteiger partial charge in [-0.1, -0.05) is 20.3 Å². The van der Waals surface area contributed by atoms with Gasteiger partial charge in [-0.3, -0.25) is 0 Å². The van der Waals surface area contributed by atoms with Gasteiger partial charge in [0, 0.05) is 5.25 Å². The number of aliphatic hydroxyl groups is 1. The predicted octanol–water partition coefficient (Wildman–Crippen LogP) is 2.68. The van der Waals surface area contributed by atoms with Crippen LogP contribution in [0, 0.1) is 5.92 Å². The second-order valence-electron chi connectivity index (χ2n) is 3.65. The quantitative estimate of drug-likeness (QED) is 0.735. The molecule has 0 aliphatic heterocycles. The van der Waals surface area contributed by atoms with Gasteiger partial charge in [0.05, 0.1) is 6.10 Å². The summed E-state index contributed by atoms with van der Waals surface area (Å²) in [5, 5.41) is 10.3. The van der Waals surface area contributed by atoms with E-state index in [-0.39, 0.29) is 6.10 Å². The van der Waals surface area contributed by atoms with Gasteiger partial charge in [-0.25, -0.2) is 0 Å². The molecule has 12 heavy (non-hydrogen) atoms. The number of thioether (sulfide) groups is 1. The molecule has 0 spiro atoms. The summed E-state index contributed by atoms with van der Waals surface area (Å²) in [6.45, 7) is 4.40. The molecule has 1 fully saturated rings. The SMILES string of the molecule is CCSC1CCC(CC)CC1O. The van der Waals surface area contributed by atoms with Gasteiger partial charge < -0.3 is 5.11 Å². The van der Waals surface area contributed by atoms with Crippen LogP contribution in [0.2, 0.25) is 0 Å². The van der Waals surface area contributed by atoms with E-state index in [4.69, 9.17) is 0 Å². The molecule has 1 nitrogen and oxygen atoms in total. The van der Waals surface area contributed by atoms with Crippen molar-refractivity contribution in [2.75, 3.05) is 5.75 Å². The van der Waals surface area contributed by atoms with E-state index in [2.05, 4.69) is 13.8 Å². The van der Waals surface area contributed by atoms with Crippen molar-refractivity contribution in [3.05, 3.63) is 0 Å². The normalized spacial score (nSPS) is 36.8. The minimum absolute atomic E-state index is 0.0337. The van der Waals surface area contributed by atoms with E-state index in [1.807, 2.05) is 11.8 Å². The lowest BCUT2D eigenvalue weighted by Crippen LogP contribution is -2.31. The Bertz CT molecular complexity index is 127. The molecule has 1 aliphatic rings. The fourth-order valence-electron chi connectivity index (χ4n) is 1.98. The standard InChI is InChI=1S/C10H20OS/c1-3-8-5-6-10(12-4-2)9(11)7-8/h8-11H,3-7H2,1-2H3. The fraction of sp³-hybridized carbons (Fsp3) is 1.00. The van der Waals surface area contributed by atoms with Gasteiger partial charge in [0.25, 0.3) is 0 Å². The maximum atomic E-state index is 9.78. The molecule has 1 aliphatic carbocycles. The van der Waals surface area contributed by atoms with Crippen LogP contribution in [0.4, 0.5) is 0 Å². The highest BCUT2D eigenvalue weighted by molar-refractivity contribution is 7.99. The topological polar surface area (TPSA) is 20.2 Å². The average molecular weight is 188 g/mol. The van der Waals surface area contributed by atoms with Crippen molar-refractivity contribution >= 4 is 11.8 Å². The molecule has 1 N–H and O–H groups in total. The average Bonchev–Trinajstić information content (AvgIpc) is 2.09. The number of hydrogen-bond donors (Lipinski definition) is 1. The maximum Gasteiger partial charge on any atom is 0.0661 e. The van der Waals surface area contributed by atoms with E-state index >= 15 is 0 Å². The minimum atomic E-state index is -0.0337. The predicted molar refractivity (Wildman–Crippen MR) is 55.6 cm³/mol. The van der Waals surface area contributed by atoms with Crippen molar-refractivity contribution < 1.29 is 5.11 Å². The molecule has 2 heteroatoms. The Morgan fingerprint density at radius 1 is 1.33 bits per heavy atom. The van der Waals surface area contributed by atoms with Crippen molar-refractivity contribution in [3.8, 4) is 0 Å². The smallest absolute Gasteiger partial charge is 0.0661 e. The van der Waals surface area contributed by atoms with Crippen molar-refractivity contribution in [1.29, 1.82) is 0 Å². The van der Waals surface area contributed by atoms with Crippen molar-refractivity contribution in [1.82, 2.24) is 0 Å². The summed E-state index contributed by atoms with van der Waals surface area (Å²) in [6, 6.07) is 0. The van der Waals surface area contributed by atoms with Crippen molar-refractivity contribution in [2.45, 2.75) is 50.9 Å². The fourth-order valence-corrected chi connectivity index (χ4v) is 3.05. The molecule has 72 valence electrons. The van der Waals surface area contributed by atoms with E-state index < -0.39 is 0 Å². The van der Waals surface area contributed by atoms with Crippen LogP contribution in [0.3, 0.4) is 0 Å². The molecule has 0 saturated heterocycles. The zero-order chi connectivity index (χ0) is 8.97. The lowest BCUT2D eigenvalue weighted by molar-refractivity contribution is 0.106. The second-order valence-corrected chi connectivity index (χ2v) is 5.16. The maximum absolute atomic E-state index is 9.78. The van der Waals surface area contributed by atoms with Crippen LogP contribution >= 0.6 is 11.8 Å². The molecule has 1 rings (SSSR count). The summed E-state index contributed by atoms with van der Waals surface area (Å²) in [5.74, 6) is 1.92. The lowest BCUT2D eigenvalue weighted by atomic mass is 9.85. The van der Waals surface area contributed by atoms with Crippen LogP contribution in [0.5, 0.6) is 0 Å². The largest absolute Gasteiger partial charge is 0.392 e. The molecular weight excluding hydrogens is 168 g/mol. The Hall–Kier alpha value is 0.310. The molecule has 1 saturated carbocycles. The van der Waals surface area contributed by atoms with Gasteiger partial charge in [0.2, 0.25) is 0 Å². The molecule has 0 bridgehead atoms. The Balaban J connectivity index is 2.31. The molecule has 0 aromatic carbocycles. The molecule has 0 aromatic heterocycles. The number of hydrogen-bond acceptors (Lipinski definition) is 2. The number of aliphatic hydroxyl groups excluding tert-OH is 1. The van der Waals surface area contributed by atoms with Crippen LogP contribution in [0.15, 0.2) is 0 Å². The van der Waals surface area contributed by atoms with Crippen molar-refractivity contribution in [3.63, 3.8) is 0 Å². The highest BCUT2D eigenvalue weighted by Crippen LogP contribution is 2.33. The summed E-state index contributed by atoms with van der Waals surface area (Å²) in [7, 11) is 0. The van der Waals surface area contributed by atoms with Gasteiger partial charge >= 0.3 is 0 Å². The van der Waals surface area contributed by atoms with Crippen LogP contribution < -0.4 is 0 Å². The number of rotatable bonds is 3. The first-order valence-electron chi connectivity index (χ1n) is 5.07. The Kier molecular flexibility index (Phi) is 4.44. The highest BCUT2D eigenvalue weighted by Gasteiger charge is 2.27. The summed E-state index contributed by atoms with van der Waals surface area (Å²) >= 11 is 1.92. The van der Waals surface area contributed by atoms with Crippen molar-refractivity contribution in [2.24, 2.45) is 5.92 Å². The Morgan fingerprint density at radius 3 is 2.58 bits per heavy atom. The zero-order valence-corrected chi connectivity index (χ0v) is 8.94. The summed E-state index contributed by atoms with van der Waals surface area (Å²) in [5.41, 5.74) is 0. The Morgan fingerprint density at radius 2 is 2.08 bits per heavy atom. The van der Waals surface area contributed by atoms with Gasteiger partial charge in [0.15, 0.2) is 0 Å². The van der Waals surface area contributed by atoms with E-state index in [9.17, 15) is 5.11 Å². The molecule has 0 aromatic rings. The van der Waals surface area contributed by atoms with Crippen LogP contribution in [-0.2, 0) is 0 Å². The monoisotopic (exact) mass is 188 g/mol. The third-order valence-corrected chi connectivity index (χ3v) is 4.13. The summed E-state index contributed by atoms with van der Waals surface area (Å²) in [6.07, 6.45) is 4.78. The van der Waals surface area contributed by atoms with Gasteiger partial charge in [0.1, 0.15) is 0 Å². The highest BCUT2D eigenvalue weighted by atomic mass is 32.2. The molecular formula is C10H20OS. The minimum Gasteiger partial charge on any atom is -0.392 e. The van der Waals surface area contributed by atoms with Crippen LogP contribution in [-0.4, -0.2) is 22.2 Å². The molecule has 0 radical (unpaired) electrons. The van der Waals surface area contributed by atoms with Gasteiger partial charge in [-0.05, 0) is 30.9 Å². The third kappa shape index (κ3) is 2.67. The first-order chi connectivity index (χ1) is 5.77. The molecule has 3 unspecified atom stereocenters. The molecule has 0 amide bonds. The third-order valence-electron chi connectivity index (χ3n) is 2.82. The zero-order valence-electron chi connectivity index (χ0n) is 8.12. The summed E-state index contributed by atoms with van der Waals surface area (Å²) in [4.78, 5) is 0. The van der Waals surface area contributed by atoms with E-state index in [1.54, 1.807) is 0 Å². The lowest BCUT2D eigenvalue weighted by Gasteiger charge is -2.32. The van der Waals surface area contributed by atoms with Crippen LogP contribution in [0.1, 0.15) is 39.5 Å².